The second kappa shape index (κ2) is 11.4. The van der Waals surface area contributed by atoms with Gasteiger partial charge < -0.3 is 14.5 Å². The van der Waals surface area contributed by atoms with Gasteiger partial charge in [-0.2, -0.15) is 0 Å². The van der Waals surface area contributed by atoms with Crippen LogP contribution in [-0.4, -0.2) is 63.9 Å². The summed E-state index contributed by atoms with van der Waals surface area (Å²) in [7, 11) is 1.86. The molecule has 0 radical (unpaired) electrons. The van der Waals surface area contributed by atoms with Crippen LogP contribution in [0.5, 0.6) is 0 Å². The van der Waals surface area contributed by atoms with E-state index in [1.165, 1.54) is 95.5 Å². The average molecular weight is 456 g/mol. The number of ether oxygens (including phenoxy) is 1. The monoisotopic (exact) mass is 455 g/mol. The topological polar surface area (TPSA) is 19.0 Å². The average Bonchev–Trinajstić information content (AvgIpc) is 3.37. The highest BCUT2D eigenvalue weighted by atomic mass is 16.5. The van der Waals surface area contributed by atoms with Crippen LogP contribution in [0.15, 0.2) is 18.2 Å². The fourth-order valence-electron chi connectivity index (χ4n) is 6.60. The molecule has 0 unspecified atom stereocenters. The van der Waals surface area contributed by atoms with Crippen molar-refractivity contribution in [3.63, 3.8) is 0 Å². The van der Waals surface area contributed by atoms with Gasteiger partial charge in [0, 0.05) is 57.8 Å². The van der Waals surface area contributed by atoms with Crippen molar-refractivity contribution in [1.82, 2.24) is 4.90 Å². The highest BCUT2D eigenvalue weighted by molar-refractivity contribution is 5.64. The zero-order valence-corrected chi connectivity index (χ0v) is 22.0. The summed E-state index contributed by atoms with van der Waals surface area (Å²) in [5, 5.41) is 0. The van der Waals surface area contributed by atoms with Crippen LogP contribution in [0.4, 0.5) is 11.4 Å². The Morgan fingerprint density at radius 2 is 1.64 bits per heavy atom. The number of methoxy groups -OCH3 is 1. The fraction of sp³-hybridized carbons (Fsp3) is 0.793. The lowest BCUT2D eigenvalue weighted by atomic mass is 9.66. The van der Waals surface area contributed by atoms with Crippen LogP contribution in [0.25, 0.3) is 0 Å². The molecule has 0 spiro atoms. The predicted molar refractivity (Wildman–Crippen MR) is 142 cm³/mol. The summed E-state index contributed by atoms with van der Waals surface area (Å²) >= 11 is 0. The number of hydrogen-bond donors (Lipinski definition) is 0. The van der Waals surface area contributed by atoms with Crippen molar-refractivity contribution in [3.05, 3.63) is 23.8 Å². The third kappa shape index (κ3) is 5.70. The van der Waals surface area contributed by atoms with Crippen LogP contribution in [0.2, 0.25) is 0 Å². The van der Waals surface area contributed by atoms with Crippen molar-refractivity contribution in [2.24, 2.45) is 5.41 Å². The lowest BCUT2D eigenvalue weighted by Gasteiger charge is -2.42. The first-order valence-electron chi connectivity index (χ1n) is 14.0. The summed E-state index contributed by atoms with van der Waals surface area (Å²) in [4.78, 5) is 7.92. The first-order chi connectivity index (χ1) is 16.1. The highest BCUT2D eigenvalue weighted by Gasteiger charge is 2.34. The fourth-order valence-corrected chi connectivity index (χ4v) is 6.60. The van der Waals surface area contributed by atoms with Crippen LogP contribution in [0.1, 0.15) is 90.0 Å². The minimum absolute atomic E-state index is 0.383. The minimum atomic E-state index is 0.383. The smallest absolute Gasteiger partial charge is 0.0762 e. The molecule has 1 aromatic carbocycles. The van der Waals surface area contributed by atoms with Crippen molar-refractivity contribution >= 4 is 11.4 Å². The molecule has 4 nitrogen and oxygen atoms in total. The van der Waals surface area contributed by atoms with Gasteiger partial charge >= 0.3 is 0 Å². The summed E-state index contributed by atoms with van der Waals surface area (Å²) in [6.07, 6.45) is 12.3. The second-order valence-electron chi connectivity index (χ2n) is 11.0. The quantitative estimate of drug-likeness (QED) is 0.435. The van der Waals surface area contributed by atoms with Crippen molar-refractivity contribution in [2.75, 3.05) is 62.7 Å². The van der Waals surface area contributed by atoms with E-state index in [1.54, 1.807) is 5.56 Å². The standard InChI is InChI=1S/C29H49N3O/c1-5-8-16-30-18-20-31(21-19-30)28-10-9-25(32-17-13-26(23-32)33-4)22-27(28)24-11-14-29(6-2,7-3)15-12-24/h9-10,22,24,26H,5-8,11-21,23H2,1-4H3/t26-/m1/s1. The Morgan fingerprint density at radius 1 is 0.909 bits per heavy atom. The molecule has 1 atom stereocenters. The maximum atomic E-state index is 5.66. The van der Waals surface area contributed by atoms with Gasteiger partial charge in [-0.25, -0.2) is 0 Å². The molecular weight excluding hydrogens is 406 g/mol. The minimum Gasteiger partial charge on any atom is -0.380 e. The summed E-state index contributed by atoms with van der Waals surface area (Å²) in [6.45, 7) is 15.3. The number of hydrogen-bond acceptors (Lipinski definition) is 4. The molecule has 4 rings (SSSR count). The molecule has 1 aromatic rings. The van der Waals surface area contributed by atoms with E-state index in [0.29, 0.717) is 17.4 Å². The van der Waals surface area contributed by atoms with Gasteiger partial charge in [-0.15, -0.1) is 0 Å². The van der Waals surface area contributed by atoms with E-state index < -0.39 is 0 Å². The third-order valence-corrected chi connectivity index (χ3v) is 9.38. The van der Waals surface area contributed by atoms with E-state index in [9.17, 15) is 0 Å². The Hall–Kier alpha value is -1.26. The van der Waals surface area contributed by atoms with E-state index >= 15 is 0 Å². The molecule has 3 aliphatic rings. The van der Waals surface area contributed by atoms with Crippen molar-refractivity contribution in [1.29, 1.82) is 0 Å². The molecule has 0 N–H and O–H groups in total. The SMILES string of the molecule is CCCCN1CCN(c2ccc(N3CC[C@@H](OC)C3)cc2C2CCC(CC)(CC)CC2)CC1. The number of benzene rings is 1. The molecule has 186 valence electrons. The summed E-state index contributed by atoms with van der Waals surface area (Å²) in [5.74, 6) is 0.713. The largest absolute Gasteiger partial charge is 0.380 e. The van der Waals surface area contributed by atoms with Crippen LogP contribution >= 0.6 is 0 Å². The van der Waals surface area contributed by atoms with Gasteiger partial charge in [0.15, 0.2) is 0 Å². The molecule has 0 amide bonds. The summed E-state index contributed by atoms with van der Waals surface area (Å²) in [5.41, 5.74) is 5.18. The van der Waals surface area contributed by atoms with Crippen LogP contribution in [0.3, 0.4) is 0 Å². The van der Waals surface area contributed by atoms with Gasteiger partial charge in [0.05, 0.1) is 6.10 Å². The Kier molecular flexibility index (Phi) is 8.62. The van der Waals surface area contributed by atoms with Gasteiger partial charge in [-0.1, -0.05) is 40.0 Å². The zero-order chi connectivity index (χ0) is 23.3. The maximum Gasteiger partial charge on any atom is 0.0762 e. The second-order valence-corrected chi connectivity index (χ2v) is 11.0. The van der Waals surface area contributed by atoms with E-state index in [0.717, 1.165) is 19.5 Å². The van der Waals surface area contributed by atoms with E-state index in [1.807, 2.05) is 7.11 Å². The van der Waals surface area contributed by atoms with Gasteiger partial charge in [0.25, 0.3) is 0 Å². The molecule has 1 aliphatic carbocycles. The zero-order valence-electron chi connectivity index (χ0n) is 22.0. The number of rotatable bonds is 9. The number of piperazine rings is 1. The molecule has 2 saturated heterocycles. The van der Waals surface area contributed by atoms with Gasteiger partial charge in [-0.3, -0.25) is 4.90 Å². The highest BCUT2D eigenvalue weighted by Crippen LogP contribution is 2.49. The van der Waals surface area contributed by atoms with Gasteiger partial charge in [-0.05, 0) is 80.2 Å². The lowest BCUT2D eigenvalue weighted by molar-refractivity contribution is 0.121. The summed E-state index contributed by atoms with van der Waals surface area (Å²) in [6, 6.07) is 7.44. The molecule has 4 heteroatoms. The van der Waals surface area contributed by atoms with Crippen LogP contribution in [0, 0.1) is 5.41 Å². The van der Waals surface area contributed by atoms with E-state index in [-0.39, 0.29) is 0 Å². The Morgan fingerprint density at radius 3 is 2.24 bits per heavy atom. The molecule has 0 bridgehead atoms. The third-order valence-electron chi connectivity index (χ3n) is 9.38. The molecule has 2 aliphatic heterocycles. The first kappa shape index (κ1) is 24.9. The molecule has 33 heavy (non-hydrogen) atoms. The number of nitrogens with zero attached hydrogens (tertiary/aromatic N) is 3. The van der Waals surface area contributed by atoms with E-state index in [4.69, 9.17) is 4.74 Å². The van der Waals surface area contributed by atoms with Crippen LogP contribution in [-0.2, 0) is 4.74 Å². The molecule has 0 aromatic heterocycles. The number of anilines is 2. The van der Waals surface area contributed by atoms with Gasteiger partial charge in [0.2, 0.25) is 0 Å². The Balaban J connectivity index is 1.53. The normalized spacial score (nSPS) is 24.5. The molecular formula is C29H49N3O. The summed E-state index contributed by atoms with van der Waals surface area (Å²) < 4.78 is 5.66. The first-order valence-corrected chi connectivity index (χ1v) is 14.0. The van der Waals surface area contributed by atoms with Gasteiger partial charge in [0.1, 0.15) is 0 Å². The molecule has 3 fully saturated rings. The molecule has 1 saturated carbocycles. The maximum absolute atomic E-state index is 5.66. The lowest BCUT2D eigenvalue weighted by Crippen LogP contribution is -2.47. The van der Waals surface area contributed by atoms with Crippen molar-refractivity contribution in [3.8, 4) is 0 Å². The van der Waals surface area contributed by atoms with E-state index in [2.05, 4.69) is 53.7 Å². The number of unbranched alkanes of at least 4 members (excludes halogenated alkanes) is 1. The van der Waals surface area contributed by atoms with Crippen LogP contribution < -0.4 is 9.80 Å². The van der Waals surface area contributed by atoms with Crippen molar-refractivity contribution < 1.29 is 4.74 Å². The predicted octanol–water partition coefficient (Wildman–Crippen LogP) is 6.30. The van der Waals surface area contributed by atoms with Crippen molar-refractivity contribution in [2.45, 2.75) is 90.6 Å². The molecule has 2 heterocycles. The Labute approximate surface area is 203 Å². The Bertz CT molecular complexity index is 728.